The molecule has 0 amide bonds. The zero-order chi connectivity index (χ0) is 17.2. The number of benzene rings is 1. The number of carbonyl (C=O) groups is 1. The maximum absolute atomic E-state index is 11.9. The number of nitrogens with zero attached hydrogens (tertiary/aromatic N) is 2. The first-order chi connectivity index (χ1) is 12.2. The highest BCUT2D eigenvalue weighted by molar-refractivity contribution is 6.06. The molecule has 0 N–H and O–H groups in total. The number of rotatable bonds is 5. The monoisotopic (exact) mass is 338 g/mol. The number of fused-ring (bicyclic) bond motifs is 2. The molecule has 3 heteroatoms. The van der Waals surface area contributed by atoms with Crippen LogP contribution in [0.15, 0.2) is 30.5 Å². The summed E-state index contributed by atoms with van der Waals surface area (Å²) in [4.78, 5) is 14.6. The minimum Gasteiger partial charge on any atom is -0.347 e. The standard InChI is InChI=1S/C22H30N2O/c1-17(25)21-16-24(22-10-5-4-9-20(21)22)13-6-12-23-14-11-18-7-2-3-8-19(18)15-23/h4-5,9-10,16,18-19H,2-3,6-8,11-15H2,1H3. The van der Waals surface area contributed by atoms with Crippen molar-refractivity contribution in [3.63, 3.8) is 0 Å². The number of aromatic nitrogens is 1. The lowest BCUT2D eigenvalue weighted by Crippen LogP contribution is -2.42. The van der Waals surface area contributed by atoms with Crippen molar-refractivity contribution in [1.29, 1.82) is 0 Å². The molecule has 1 saturated carbocycles. The predicted octanol–water partition coefficient (Wildman–Crippen LogP) is 4.75. The fourth-order valence-corrected chi connectivity index (χ4v) is 5.06. The average Bonchev–Trinajstić information content (AvgIpc) is 3.01. The van der Waals surface area contributed by atoms with Crippen molar-refractivity contribution in [2.24, 2.45) is 11.8 Å². The van der Waals surface area contributed by atoms with E-state index in [1.54, 1.807) is 6.92 Å². The smallest absolute Gasteiger partial charge is 0.161 e. The Morgan fingerprint density at radius 1 is 1.08 bits per heavy atom. The average molecular weight is 338 g/mol. The van der Waals surface area contributed by atoms with Gasteiger partial charge in [-0.25, -0.2) is 0 Å². The summed E-state index contributed by atoms with van der Waals surface area (Å²) in [5, 5.41) is 1.10. The third-order valence-electron chi connectivity index (χ3n) is 6.42. The highest BCUT2D eigenvalue weighted by Gasteiger charge is 2.30. The van der Waals surface area contributed by atoms with Gasteiger partial charge in [-0.15, -0.1) is 0 Å². The Labute approximate surface area is 151 Å². The Kier molecular flexibility index (Phi) is 4.93. The van der Waals surface area contributed by atoms with Crippen molar-refractivity contribution < 1.29 is 4.79 Å². The van der Waals surface area contributed by atoms with Gasteiger partial charge in [0.1, 0.15) is 0 Å². The van der Waals surface area contributed by atoms with E-state index in [2.05, 4.69) is 33.9 Å². The summed E-state index contributed by atoms with van der Waals surface area (Å²) in [6.07, 6.45) is 10.4. The lowest BCUT2D eigenvalue weighted by molar-refractivity contribution is 0.0854. The second-order valence-corrected chi connectivity index (χ2v) is 8.06. The number of para-hydroxylation sites is 1. The van der Waals surface area contributed by atoms with Gasteiger partial charge in [-0.05, 0) is 57.2 Å². The van der Waals surface area contributed by atoms with Gasteiger partial charge in [0.2, 0.25) is 0 Å². The predicted molar refractivity (Wildman–Crippen MR) is 103 cm³/mol. The lowest BCUT2D eigenvalue weighted by atomic mass is 9.75. The van der Waals surface area contributed by atoms with Crippen molar-refractivity contribution in [2.45, 2.75) is 52.0 Å². The van der Waals surface area contributed by atoms with Gasteiger partial charge in [0.15, 0.2) is 5.78 Å². The third-order valence-corrected chi connectivity index (χ3v) is 6.42. The lowest BCUT2D eigenvalue weighted by Gasteiger charge is -2.41. The van der Waals surface area contributed by atoms with E-state index in [-0.39, 0.29) is 5.78 Å². The van der Waals surface area contributed by atoms with E-state index in [9.17, 15) is 4.79 Å². The van der Waals surface area contributed by atoms with Crippen LogP contribution in [0.2, 0.25) is 0 Å². The summed E-state index contributed by atoms with van der Waals surface area (Å²) in [5.74, 6) is 2.13. The summed E-state index contributed by atoms with van der Waals surface area (Å²) in [6, 6.07) is 8.29. The van der Waals surface area contributed by atoms with E-state index in [0.717, 1.165) is 35.8 Å². The van der Waals surface area contributed by atoms with Crippen LogP contribution >= 0.6 is 0 Å². The minimum absolute atomic E-state index is 0.161. The minimum atomic E-state index is 0.161. The molecule has 134 valence electrons. The van der Waals surface area contributed by atoms with Gasteiger partial charge in [0.05, 0.1) is 0 Å². The van der Waals surface area contributed by atoms with Crippen molar-refractivity contribution in [3.05, 3.63) is 36.0 Å². The molecule has 2 aromatic rings. The number of carbonyl (C=O) groups excluding carboxylic acids is 1. The molecular formula is C22H30N2O. The van der Waals surface area contributed by atoms with Crippen molar-refractivity contribution in [1.82, 2.24) is 9.47 Å². The van der Waals surface area contributed by atoms with Crippen LogP contribution in [0.25, 0.3) is 10.9 Å². The number of likely N-dealkylation sites (tertiary alicyclic amines) is 1. The van der Waals surface area contributed by atoms with E-state index in [0.29, 0.717) is 0 Å². The zero-order valence-corrected chi connectivity index (χ0v) is 15.4. The number of aryl methyl sites for hydroxylation is 1. The molecule has 2 atom stereocenters. The first-order valence-corrected chi connectivity index (χ1v) is 10.0. The molecule has 1 aliphatic carbocycles. The van der Waals surface area contributed by atoms with Crippen LogP contribution in [-0.2, 0) is 6.54 Å². The van der Waals surface area contributed by atoms with Gasteiger partial charge in [-0.2, -0.15) is 0 Å². The van der Waals surface area contributed by atoms with Crippen molar-refractivity contribution >= 4 is 16.7 Å². The van der Waals surface area contributed by atoms with Gasteiger partial charge >= 0.3 is 0 Å². The fourth-order valence-electron chi connectivity index (χ4n) is 5.06. The van der Waals surface area contributed by atoms with Gasteiger partial charge in [-0.1, -0.05) is 37.5 Å². The molecule has 25 heavy (non-hydrogen) atoms. The van der Waals surface area contributed by atoms with E-state index in [4.69, 9.17) is 0 Å². The molecule has 1 saturated heterocycles. The first-order valence-electron chi connectivity index (χ1n) is 10.0. The highest BCUT2D eigenvalue weighted by Crippen LogP contribution is 2.36. The van der Waals surface area contributed by atoms with E-state index in [1.807, 2.05) is 6.07 Å². The molecule has 1 aromatic heterocycles. The molecule has 4 rings (SSSR count). The second kappa shape index (κ2) is 7.33. The van der Waals surface area contributed by atoms with Crippen molar-refractivity contribution in [3.8, 4) is 0 Å². The number of hydrogen-bond donors (Lipinski definition) is 0. The zero-order valence-electron chi connectivity index (χ0n) is 15.4. The maximum atomic E-state index is 11.9. The quantitative estimate of drug-likeness (QED) is 0.735. The van der Waals surface area contributed by atoms with E-state index >= 15 is 0 Å². The van der Waals surface area contributed by atoms with Crippen LogP contribution < -0.4 is 0 Å². The Morgan fingerprint density at radius 3 is 2.72 bits per heavy atom. The molecular weight excluding hydrogens is 308 g/mol. The van der Waals surface area contributed by atoms with Crippen molar-refractivity contribution in [2.75, 3.05) is 19.6 Å². The largest absolute Gasteiger partial charge is 0.347 e. The number of ketones is 1. The Hall–Kier alpha value is -1.61. The topological polar surface area (TPSA) is 25.2 Å². The summed E-state index contributed by atoms with van der Waals surface area (Å²) in [5.41, 5.74) is 2.05. The van der Waals surface area contributed by atoms with Gasteiger partial charge < -0.3 is 9.47 Å². The second-order valence-electron chi connectivity index (χ2n) is 8.06. The molecule has 0 bridgehead atoms. The van der Waals surface area contributed by atoms with Crippen LogP contribution in [0.3, 0.4) is 0 Å². The SMILES string of the molecule is CC(=O)c1cn(CCCN2CCC3CCCCC3C2)c2ccccc12. The summed E-state index contributed by atoms with van der Waals surface area (Å²) < 4.78 is 2.28. The number of Topliss-reactive ketones (excluding diaryl/α,β-unsaturated/α-hetero) is 1. The van der Waals surface area contributed by atoms with Crippen LogP contribution in [0.1, 0.15) is 55.8 Å². The molecule has 1 aromatic carbocycles. The van der Waals surface area contributed by atoms with Gasteiger partial charge in [0.25, 0.3) is 0 Å². The Bertz CT molecular complexity index is 748. The Morgan fingerprint density at radius 2 is 1.88 bits per heavy atom. The summed E-state index contributed by atoms with van der Waals surface area (Å²) in [6.45, 7) is 6.45. The van der Waals surface area contributed by atoms with E-state index < -0.39 is 0 Å². The molecule has 0 spiro atoms. The molecule has 0 radical (unpaired) electrons. The summed E-state index contributed by atoms with van der Waals surface area (Å²) >= 11 is 0. The first kappa shape index (κ1) is 16.8. The van der Waals surface area contributed by atoms with Crippen LogP contribution in [0, 0.1) is 11.8 Å². The fraction of sp³-hybridized carbons (Fsp3) is 0.591. The third kappa shape index (κ3) is 3.52. The molecule has 1 aliphatic heterocycles. The van der Waals surface area contributed by atoms with Crippen LogP contribution in [-0.4, -0.2) is 34.9 Å². The molecule has 2 unspecified atom stereocenters. The van der Waals surface area contributed by atoms with Gasteiger partial charge in [0, 0.05) is 35.8 Å². The number of piperidine rings is 1. The highest BCUT2D eigenvalue weighted by atomic mass is 16.1. The molecule has 2 heterocycles. The normalized spacial score (nSPS) is 24.4. The Balaban J connectivity index is 1.37. The maximum Gasteiger partial charge on any atom is 0.161 e. The molecule has 2 aliphatic rings. The van der Waals surface area contributed by atoms with Gasteiger partial charge in [-0.3, -0.25) is 4.79 Å². The van der Waals surface area contributed by atoms with Crippen LogP contribution in [0.4, 0.5) is 0 Å². The summed E-state index contributed by atoms with van der Waals surface area (Å²) in [7, 11) is 0. The molecule has 3 nitrogen and oxygen atoms in total. The van der Waals surface area contributed by atoms with Crippen LogP contribution in [0.5, 0.6) is 0 Å². The number of hydrogen-bond acceptors (Lipinski definition) is 2. The molecule has 2 fully saturated rings. The van der Waals surface area contributed by atoms with E-state index in [1.165, 1.54) is 57.3 Å².